The van der Waals surface area contributed by atoms with Crippen molar-refractivity contribution in [2.24, 2.45) is 0 Å². The standard InChI is InChI=1S/C21H26N2O4S/c1-16-6-10-19(11-7-16)27-17(2)21(24)22-18-8-12-20(13-9-18)28(25,26)23-14-4-3-5-15-23/h6-13,17H,3-5,14-15H2,1-2H3,(H,22,24). The number of nitrogens with one attached hydrogen (secondary N) is 1. The molecule has 150 valence electrons. The summed E-state index contributed by atoms with van der Waals surface area (Å²) in [7, 11) is -3.47. The first-order valence-corrected chi connectivity index (χ1v) is 10.9. The molecule has 6 nitrogen and oxygen atoms in total. The number of hydrogen-bond donors (Lipinski definition) is 1. The number of anilines is 1. The summed E-state index contributed by atoms with van der Waals surface area (Å²) in [6.45, 7) is 4.78. The summed E-state index contributed by atoms with van der Waals surface area (Å²) in [6, 6.07) is 13.7. The molecule has 3 rings (SSSR count). The molecule has 1 saturated heterocycles. The van der Waals surface area contributed by atoms with Crippen LogP contribution in [0.25, 0.3) is 0 Å². The first-order chi connectivity index (χ1) is 13.4. The van der Waals surface area contributed by atoms with Gasteiger partial charge in [-0.1, -0.05) is 24.1 Å². The van der Waals surface area contributed by atoms with Gasteiger partial charge in [-0.2, -0.15) is 4.31 Å². The predicted molar refractivity (Wildman–Crippen MR) is 109 cm³/mol. The second-order valence-corrected chi connectivity index (χ2v) is 8.99. The van der Waals surface area contributed by atoms with Crippen LogP contribution in [0.3, 0.4) is 0 Å². The lowest BCUT2D eigenvalue weighted by atomic mass is 10.2. The molecular formula is C21H26N2O4S. The molecule has 1 aliphatic rings. The van der Waals surface area contributed by atoms with Gasteiger partial charge in [0.1, 0.15) is 5.75 Å². The number of piperidine rings is 1. The Hall–Kier alpha value is -2.38. The van der Waals surface area contributed by atoms with Crippen LogP contribution in [0.4, 0.5) is 5.69 Å². The van der Waals surface area contributed by atoms with Gasteiger partial charge in [0.2, 0.25) is 10.0 Å². The Balaban J connectivity index is 1.61. The molecule has 1 atom stereocenters. The molecular weight excluding hydrogens is 376 g/mol. The fraction of sp³-hybridized carbons (Fsp3) is 0.381. The third kappa shape index (κ3) is 4.91. The van der Waals surface area contributed by atoms with Crippen LogP contribution in [0, 0.1) is 6.92 Å². The summed E-state index contributed by atoms with van der Waals surface area (Å²) in [4.78, 5) is 12.6. The maximum Gasteiger partial charge on any atom is 0.265 e. The molecule has 1 unspecified atom stereocenters. The molecule has 1 aliphatic heterocycles. The van der Waals surface area contributed by atoms with Gasteiger partial charge in [0.25, 0.3) is 5.91 Å². The highest BCUT2D eigenvalue weighted by molar-refractivity contribution is 7.89. The van der Waals surface area contributed by atoms with Gasteiger partial charge < -0.3 is 10.1 Å². The van der Waals surface area contributed by atoms with Crippen LogP contribution in [-0.2, 0) is 14.8 Å². The predicted octanol–water partition coefficient (Wildman–Crippen LogP) is 3.58. The lowest BCUT2D eigenvalue weighted by molar-refractivity contribution is -0.122. The van der Waals surface area contributed by atoms with Gasteiger partial charge in [-0.15, -0.1) is 0 Å². The smallest absolute Gasteiger partial charge is 0.265 e. The average molecular weight is 403 g/mol. The lowest BCUT2D eigenvalue weighted by Gasteiger charge is -2.25. The number of carbonyl (C=O) groups is 1. The van der Waals surface area contributed by atoms with E-state index in [4.69, 9.17) is 4.74 Å². The van der Waals surface area contributed by atoms with Crippen LogP contribution >= 0.6 is 0 Å². The zero-order valence-corrected chi connectivity index (χ0v) is 17.0. The minimum absolute atomic E-state index is 0.247. The normalized spacial score (nSPS) is 16.4. The molecule has 1 N–H and O–H groups in total. The van der Waals surface area contributed by atoms with Gasteiger partial charge in [-0.25, -0.2) is 8.42 Å². The summed E-state index contributed by atoms with van der Waals surface area (Å²) in [6.07, 6.45) is 2.18. The number of carbonyl (C=O) groups excluding carboxylic acids is 1. The topological polar surface area (TPSA) is 75.7 Å². The van der Waals surface area contributed by atoms with Crippen molar-refractivity contribution in [1.29, 1.82) is 0 Å². The number of rotatable bonds is 6. The van der Waals surface area contributed by atoms with Gasteiger partial charge in [0, 0.05) is 18.8 Å². The second-order valence-electron chi connectivity index (χ2n) is 7.05. The number of amides is 1. The third-order valence-electron chi connectivity index (χ3n) is 4.78. The van der Waals surface area contributed by atoms with E-state index in [0.717, 1.165) is 24.8 Å². The summed E-state index contributed by atoms with van der Waals surface area (Å²) in [5, 5.41) is 2.76. The van der Waals surface area contributed by atoms with E-state index in [-0.39, 0.29) is 10.8 Å². The van der Waals surface area contributed by atoms with Gasteiger partial charge in [0.15, 0.2) is 6.10 Å². The minimum atomic E-state index is -3.47. The summed E-state index contributed by atoms with van der Waals surface area (Å²) in [5.41, 5.74) is 1.64. The number of benzene rings is 2. The Morgan fingerprint density at radius 2 is 1.61 bits per heavy atom. The first kappa shape index (κ1) is 20.4. The molecule has 2 aromatic rings. The van der Waals surface area contributed by atoms with Crippen LogP contribution < -0.4 is 10.1 Å². The third-order valence-corrected chi connectivity index (χ3v) is 6.69. The molecule has 0 aliphatic carbocycles. The maximum absolute atomic E-state index is 12.7. The Kier molecular flexibility index (Phi) is 6.36. The molecule has 0 radical (unpaired) electrons. The van der Waals surface area contributed by atoms with Crippen molar-refractivity contribution in [1.82, 2.24) is 4.31 Å². The highest BCUT2D eigenvalue weighted by Gasteiger charge is 2.25. The molecule has 2 aromatic carbocycles. The summed E-state index contributed by atoms with van der Waals surface area (Å²) >= 11 is 0. The second kappa shape index (κ2) is 8.75. The van der Waals surface area contributed by atoms with Crippen molar-refractivity contribution in [3.8, 4) is 5.75 Å². The fourth-order valence-corrected chi connectivity index (χ4v) is 4.60. The SMILES string of the molecule is Cc1ccc(OC(C)C(=O)Nc2ccc(S(=O)(=O)N3CCCCC3)cc2)cc1. The van der Waals surface area contributed by atoms with Crippen molar-refractivity contribution in [3.05, 3.63) is 54.1 Å². The van der Waals surface area contributed by atoms with E-state index in [1.54, 1.807) is 19.1 Å². The summed E-state index contributed by atoms with van der Waals surface area (Å²) in [5.74, 6) is 0.323. The van der Waals surface area contributed by atoms with E-state index in [2.05, 4.69) is 5.32 Å². The molecule has 1 fully saturated rings. The van der Waals surface area contributed by atoms with Crippen molar-refractivity contribution in [2.75, 3.05) is 18.4 Å². The molecule has 1 heterocycles. The van der Waals surface area contributed by atoms with Gasteiger partial charge >= 0.3 is 0 Å². The Labute approximate surface area is 166 Å². The molecule has 7 heteroatoms. The maximum atomic E-state index is 12.7. The largest absolute Gasteiger partial charge is 0.481 e. The number of ether oxygens (including phenoxy) is 1. The van der Waals surface area contributed by atoms with E-state index in [0.29, 0.717) is 24.5 Å². The fourth-order valence-electron chi connectivity index (χ4n) is 3.08. The highest BCUT2D eigenvalue weighted by Crippen LogP contribution is 2.22. The molecule has 0 spiro atoms. The monoisotopic (exact) mass is 402 g/mol. The highest BCUT2D eigenvalue weighted by atomic mass is 32.2. The minimum Gasteiger partial charge on any atom is -0.481 e. The van der Waals surface area contributed by atoms with E-state index in [9.17, 15) is 13.2 Å². The lowest BCUT2D eigenvalue weighted by Crippen LogP contribution is -2.35. The Morgan fingerprint density at radius 1 is 1.00 bits per heavy atom. The quantitative estimate of drug-likeness (QED) is 0.801. The molecule has 1 amide bonds. The first-order valence-electron chi connectivity index (χ1n) is 9.51. The van der Waals surface area contributed by atoms with Crippen LogP contribution in [0.2, 0.25) is 0 Å². The number of nitrogens with zero attached hydrogens (tertiary/aromatic N) is 1. The molecule has 0 bridgehead atoms. The van der Waals surface area contributed by atoms with E-state index < -0.39 is 16.1 Å². The Morgan fingerprint density at radius 3 is 2.21 bits per heavy atom. The average Bonchev–Trinajstić information content (AvgIpc) is 2.70. The van der Waals surface area contributed by atoms with Crippen LogP contribution in [0.15, 0.2) is 53.4 Å². The number of hydrogen-bond acceptors (Lipinski definition) is 4. The van der Waals surface area contributed by atoms with Crippen LogP contribution in [-0.4, -0.2) is 37.8 Å². The molecule has 0 aromatic heterocycles. The van der Waals surface area contributed by atoms with Gasteiger partial charge in [-0.3, -0.25) is 4.79 Å². The summed E-state index contributed by atoms with van der Waals surface area (Å²) < 4.78 is 32.5. The molecule has 0 saturated carbocycles. The molecule has 28 heavy (non-hydrogen) atoms. The van der Waals surface area contributed by atoms with Crippen LogP contribution in [0.5, 0.6) is 5.75 Å². The number of aryl methyl sites for hydroxylation is 1. The Bertz CT molecular complexity index is 902. The van der Waals surface area contributed by atoms with Gasteiger partial charge in [-0.05, 0) is 63.1 Å². The number of sulfonamides is 1. The van der Waals surface area contributed by atoms with Gasteiger partial charge in [0.05, 0.1) is 4.90 Å². The van der Waals surface area contributed by atoms with E-state index in [1.165, 1.54) is 16.4 Å². The van der Waals surface area contributed by atoms with Crippen LogP contribution in [0.1, 0.15) is 31.7 Å². The van der Waals surface area contributed by atoms with E-state index >= 15 is 0 Å². The van der Waals surface area contributed by atoms with Crippen molar-refractivity contribution >= 4 is 21.6 Å². The van der Waals surface area contributed by atoms with E-state index in [1.807, 2.05) is 31.2 Å². The zero-order chi connectivity index (χ0) is 20.1. The van der Waals surface area contributed by atoms with Crippen molar-refractivity contribution in [2.45, 2.75) is 44.1 Å². The van der Waals surface area contributed by atoms with Crippen molar-refractivity contribution < 1.29 is 17.9 Å². The zero-order valence-electron chi connectivity index (χ0n) is 16.2. The van der Waals surface area contributed by atoms with Crippen molar-refractivity contribution in [3.63, 3.8) is 0 Å².